The van der Waals surface area contributed by atoms with Crippen LogP contribution in [-0.2, 0) is 10.0 Å². The Bertz CT molecular complexity index is 608. The minimum atomic E-state index is -3.86. The molecule has 0 aliphatic heterocycles. The molecule has 2 rings (SSSR count). The summed E-state index contributed by atoms with van der Waals surface area (Å²) < 4.78 is 40.8. The van der Waals surface area contributed by atoms with E-state index >= 15 is 0 Å². The van der Waals surface area contributed by atoms with Gasteiger partial charge in [0.05, 0.1) is 0 Å². The number of hydrogen-bond acceptors (Lipinski definition) is 3. The highest BCUT2D eigenvalue weighted by atomic mass is 32.2. The van der Waals surface area contributed by atoms with Crippen molar-refractivity contribution in [2.75, 3.05) is 12.3 Å². The molecule has 20 heavy (non-hydrogen) atoms. The molecule has 0 amide bonds. The summed E-state index contributed by atoms with van der Waals surface area (Å²) in [6, 6.07) is 2.34. The first-order valence-corrected chi connectivity index (χ1v) is 8.27. The van der Waals surface area contributed by atoms with Gasteiger partial charge in [0.25, 0.3) is 0 Å². The van der Waals surface area contributed by atoms with Gasteiger partial charge in [-0.15, -0.1) is 0 Å². The lowest BCUT2D eigenvalue weighted by Crippen LogP contribution is -2.34. The third-order valence-corrected chi connectivity index (χ3v) is 5.53. The molecule has 0 bridgehead atoms. The van der Waals surface area contributed by atoms with E-state index in [4.69, 9.17) is 5.73 Å². The van der Waals surface area contributed by atoms with E-state index in [9.17, 15) is 12.8 Å². The van der Waals surface area contributed by atoms with E-state index in [2.05, 4.69) is 11.6 Å². The Morgan fingerprint density at radius 2 is 1.95 bits per heavy atom. The molecule has 0 atom stereocenters. The second kappa shape index (κ2) is 5.33. The number of halogens is 1. The molecule has 0 unspecified atom stereocenters. The second-order valence-corrected chi connectivity index (χ2v) is 7.72. The SMILES string of the molecule is Cc1cc(F)c(S(=O)(=O)NCC2(C)CCCC2)cc1N. The molecule has 112 valence electrons. The molecule has 1 saturated carbocycles. The van der Waals surface area contributed by atoms with Gasteiger partial charge >= 0.3 is 0 Å². The maximum atomic E-state index is 13.8. The van der Waals surface area contributed by atoms with E-state index in [1.165, 1.54) is 6.07 Å². The first kappa shape index (κ1) is 15.3. The van der Waals surface area contributed by atoms with Crippen molar-refractivity contribution in [2.24, 2.45) is 5.41 Å². The highest BCUT2D eigenvalue weighted by molar-refractivity contribution is 7.89. The highest BCUT2D eigenvalue weighted by Gasteiger charge is 2.31. The Morgan fingerprint density at radius 1 is 1.35 bits per heavy atom. The number of nitrogen functional groups attached to an aromatic ring is 1. The van der Waals surface area contributed by atoms with Crippen molar-refractivity contribution in [3.63, 3.8) is 0 Å². The van der Waals surface area contributed by atoms with Crippen molar-refractivity contribution in [2.45, 2.75) is 44.4 Å². The van der Waals surface area contributed by atoms with Crippen molar-refractivity contribution in [3.05, 3.63) is 23.5 Å². The molecule has 3 N–H and O–H groups in total. The summed E-state index contributed by atoms with van der Waals surface area (Å²) in [4.78, 5) is -0.373. The van der Waals surface area contributed by atoms with Crippen LogP contribution in [0.4, 0.5) is 10.1 Å². The number of rotatable bonds is 4. The van der Waals surface area contributed by atoms with Crippen LogP contribution in [0.2, 0.25) is 0 Å². The number of aryl methyl sites for hydroxylation is 1. The maximum absolute atomic E-state index is 13.8. The fraction of sp³-hybridized carbons (Fsp3) is 0.571. The van der Waals surface area contributed by atoms with E-state index in [1.54, 1.807) is 6.92 Å². The van der Waals surface area contributed by atoms with Crippen LogP contribution in [0.15, 0.2) is 17.0 Å². The average Bonchev–Trinajstić information content (AvgIpc) is 2.79. The van der Waals surface area contributed by atoms with Crippen molar-refractivity contribution >= 4 is 15.7 Å². The zero-order chi connectivity index (χ0) is 15.0. The van der Waals surface area contributed by atoms with Crippen LogP contribution >= 0.6 is 0 Å². The smallest absolute Gasteiger partial charge is 0.243 e. The molecule has 0 radical (unpaired) electrons. The Balaban J connectivity index is 2.20. The molecule has 1 aromatic carbocycles. The van der Waals surface area contributed by atoms with E-state index in [0.29, 0.717) is 12.1 Å². The lowest BCUT2D eigenvalue weighted by Gasteiger charge is -2.23. The van der Waals surface area contributed by atoms with Crippen LogP contribution in [0.5, 0.6) is 0 Å². The average molecular weight is 300 g/mol. The largest absolute Gasteiger partial charge is 0.398 e. The number of hydrogen-bond donors (Lipinski definition) is 2. The lowest BCUT2D eigenvalue weighted by molar-refractivity contribution is 0.336. The van der Waals surface area contributed by atoms with Crippen LogP contribution in [0.3, 0.4) is 0 Å². The van der Waals surface area contributed by atoms with Crippen LogP contribution in [0, 0.1) is 18.2 Å². The van der Waals surface area contributed by atoms with Crippen LogP contribution in [-0.4, -0.2) is 15.0 Å². The predicted molar refractivity (Wildman–Crippen MR) is 77.3 cm³/mol. The van der Waals surface area contributed by atoms with Gasteiger partial charge in [-0.05, 0) is 42.9 Å². The first-order chi connectivity index (χ1) is 9.23. The predicted octanol–water partition coefficient (Wildman–Crippen LogP) is 2.57. The Morgan fingerprint density at radius 3 is 2.55 bits per heavy atom. The zero-order valence-corrected chi connectivity index (χ0v) is 12.7. The molecule has 1 fully saturated rings. The number of benzene rings is 1. The van der Waals surface area contributed by atoms with Crippen molar-refractivity contribution < 1.29 is 12.8 Å². The molecule has 0 heterocycles. The molecule has 0 aromatic heterocycles. The molecule has 1 aromatic rings. The van der Waals surface area contributed by atoms with Gasteiger partial charge in [0.15, 0.2) is 0 Å². The van der Waals surface area contributed by atoms with Crippen LogP contribution in [0.1, 0.15) is 38.2 Å². The molecular weight excluding hydrogens is 279 g/mol. The van der Waals surface area contributed by atoms with Gasteiger partial charge in [0, 0.05) is 12.2 Å². The van der Waals surface area contributed by atoms with E-state index in [1.807, 2.05) is 0 Å². The standard InChI is InChI=1S/C14H21FN2O2S/c1-10-7-11(15)13(8-12(10)16)20(18,19)17-9-14(2)5-3-4-6-14/h7-8,17H,3-6,9,16H2,1-2H3. The number of nitrogens with one attached hydrogen (secondary N) is 1. The molecule has 0 spiro atoms. The number of anilines is 1. The molecule has 6 heteroatoms. The maximum Gasteiger partial charge on any atom is 0.243 e. The lowest BCUT2D eigenvalue weighted by atomic mass is 9.89. The summed E-state index contributed by atoms with van der Waals surface area (Å²) >= 11 is 0. The van der Waals surface area contributed by atoms with E-state index in [0.717, 1.165) is 31.7 Å². The van der Waals surface area contributed by atoms with Crippen molar-refractivity contribution in [1.29, 1.82) is 0 Å². The summed E-state index contributed by atoms with van der Waals surface area (Å²) in [5.41, 5.74) is 6.45. The van der Waals surface area contributed by atoms with Crippen molar-refractivity contribution in [1.82, 2.24) is 4.72 Å². The Hall–Kier alpha value is -1.14. The second-order valence-electron chi connectivity index (χ2n) is 5.98. The molecule has 0 saturated heterocycles. The van der Waals surface area contributed by atoms with Crippen LogP contribution in [0.25, 0.3) is 0 Å². The Kier molecular flexibility index (Phi) is 4.07. The van der Waals surface area contributed by atoms with Gasteiger partial charge < -0.3 is 5.73 Å². The minimum Gasteiger partial charge on any atom is -0.398 e. The quantitative estimate of drug-likeness (QED) is 0.839. The zero-order valence-electron chi connectivity index (χ0n) is 11.9. The molecule has 1 aliphatic rings. The third-order valence-electron chi connectivity index (χ3n) is 4.11. The van der Waals surface area contributed by atoms with E-state index in [-0.39, 0.29) is 16.0 Å². The number of nitrogens with two attached hydrogens (primary N) is 1. The summed E-state index contributed by atoms with van der Waals surface area (Å²) in [6.07, 6.45) is 4.22. The summed E-state index contributed by atoms with van der Waals surface area (Å²) in [5.74, 6) is -0.763. The molecule has 1 aliphatic carbocycles. The number of sulfonamides is 1. The highest BCUT2D eigenvalue weighted by Crippen LogP contribution is 2.37. The topological polar surface area (TPSA) is 72.2 Å². The van der Waals surface area contributed by atoms with Gasteiger partial charge in [0.2, 0.25) is 10.0 Å². The fourth-order valence-electron chi connectivity index (χ4n) is 2.63. The molecule has 4 nitrogen and oxygen atoms in total. The first-order valence-electron chi connectivity index (χ1n) is 6.79. The van der Waals surface area contributed by atoms with Gasteiger partial charge in [-0.25, -0.2) is 17.5 Å². The van der Waals surface area contributed by atoms with E-state index < -0.39 is 15.8 Å². The summed E-state index contributed by atoms with van der Waals surface area (Å²) in [5, 5.41) is 0. The van der Waals surface area contributed by atoms with Gasteiger partial charge in [0.1, 0.15) is 10.7 Å². The normalized spacial score (nSPS) is 18.4. The van der Waals surface area contributed by atoms with Gasteiger partial charge in [-0.2, -0.15) is 0 Å². The monoisotopic (exact) mass is 300 g/mol. The Labute approximate surface area is 119 Å². The van der Waals surface area contributed by atoms with Gasteiger partial charge in [-0.1, -0.05) is 19.8 Å². The van der Waals surface area contributed by atoms with Gasteiger partial charge in [-0.3, -0.25) is 0 Å². The summed E-state index contributed by atoms with van der Waals surface area (Å²) in [6.45, 7) is 4.03. The summed E-state index contributed by atoms with van der Waals surface area (Å²) in [7, 11) is -3.86. The molecular formula is C14H21FN2O2S. The van der Waals surface area contributed by atoms with Crippen LogP contribution < -0.4 is 10.5 Å². The minimum absolute atomic E-state index is 0.0280. The third kappa shape index (κ3) is 3.12. The fourth-order valence-corrected chi connectivity index (χ4v) is 3.92. The van der Waals surface area contributed by atoms with Crippen molar-refractivity contribution in [3.8, 4) is 0 Å².